The van der Waals surface area contributed by atoms with Gasteiger partial charge in [-0.15, -0.1) is 0 Å². The van der Waals surface area contributed by atoms with Crippen molar-refractivity contribution in [2.75, 3.05) is 0 Å². The summed E-state index contributed by atoms with van der Waals surface area (Å²) in [4.78, 5) is 9.96. The van der Waals surface area contributed by atoms with Gasteiger partial charge in [0.05, 0.1) is 6.17 Å². The first-order chi connectivity index (χ1) is 4.34. The molecule has 0 aliphatic carbocycles. The van der Waals surface area contributed by atoms with Crippen molar-refractivity contribution in [1.82, 2.24) is 5.32 Å². The fourth-order valence-corrected chi connectivity index (χ4v) is 0.289. The number of nitrogens with one attached hydrogen (secondary N) is 1. The molecule has 3 nitrogen and oxygen atoms in total. The molecule has 0 saturated heterocycles. The molecule has 0 rings (SSSR count). The van der Waals surface area contributed by atoms with Gasteiger partial charge in [0.15, 0.2) is 0 Å². The van der Waals surface area contributed by atoms with E-state index in [1.165, 1.54) is 12.2 Å². The molecule has 1 amide bonds. The third-order valence-electron chi connectivity index (χ3n) is 0.616. The molecule has 0 saturated carbocycles. The van der Waals surface area contributed by atoms with Crippen LogP contribution in [0, 0.1) is 0 Å². The molecule has 60 valence electrons. The molecule has 0 fully saturated rings. The van der Waals surface area contributed by atoms with Gasteiger partial charge in [-0.05, 0) is 6.92 Å². The molecule has 0 aromatic rings. The average molecular weight is 156 g/mol. The fraction of sp³-hybridized carbons (Fsp3) is 0.750. The normalized spacial score (nSPS) is 14.5. The van der Waals surface area contributed by atoms with E-state index in [2.05, 4.69) is 0 Å². The molecule has 0 aromatic carbocycles. The lowest BCUT2D eigenvalue weighted by Crippen LogP contribution is -2.45. The first-order valence-corrected chi connectivity index (χ1v) is 2.47. The van der Waals surface area contributed by atoms with Crippen molar-refractivity contribution in [2.45, 2.75) is 19.3 Å². The Bertz CT molecular complexity index is 131. The molecule has 0 radical (unpaired) electrons. The molecular weight excluding hydrogens is 149 g/mol. The summed E-state index contributed by atoms with van der Waals surface area (Å²) < 4.78 is 34.0. The second-order valence-electron chi connectivity index (χ2n) is 1.76. The van der Waals surface area contributed by atoms with Gasteiger partial charge in [-0.25, -0.2) is 0 Å². The topological polar surface area (TPSA) is 55.1 Å². The maximum Gasteiger partial charge on any atom is 0.471 e. The number of rotatable bonds is 1. The Kier molecular flexibility index (Phi) is 2.65. The van der Waals surface area contributed by atoms with E-state index in [9.17, 15) is 18.0 Å². The van der Waals surface area contributed by atoms with Crippen LogP contribution in [0.1, 0.15) is 6.92 Å². The monoisotopic (exact) mass is 156 g/mol. The van der Waals surface area contributed by atoms with Crippen LogP contribution in [0.5, 0.6) is 0 Å². The van der Waals surface area contributed by atoms with E-state index in [4.69, 9.17) is 5.73 Å². The summed E-state index contributed by atoms with van der Waals surface area (Å²) in [7, 11) is 0. The van der Waals surface area contributed by atoms with E-state index >= 15 is 0 Å². The minimum Gasteiger partial charge on any atom is -0.333 e. The zero-order valence-corrected chi connectivity index (χ0v) is 5.20. The molecule has 0 aliphatic heterocycles. The van der Waals surface area contributed by atoms with Crippen LogP contribution in [-0.4, -0.2) is 18.2 Å². The van der Waals surface area contributed by atoms with E-state index in [0.717, 1.165) is 0 Å². The summed E-state index contributed by atoms with van der Waals surface area (Å²) in [6.07, 6.45) is -5.82. The van der Waals surface area contributed by atoms with Crippen LogP contribution in [-0.2, 0) is 4.79 Å². The van der Waals surface area contributed by atoms with Crippen LogP contribution < -0.4 is 11.1 Å². The van der Waals surface area contributed by atoms with Gasteiger partial charge >= 0.3 is 12.1 Å². The number of amides is 1. The van der Waals surface area contributed by atoms with Gasteiger partial charge in [-0.1, -0.05) is 0 Å². The molecule has 1 unspecified atom stereocenters. The van der Waals surface area contributed by atoms with Crippen LogP contribution >= 0.6 is 0 Å². The molecule has 0 aromatic heterocycles. The second kappa shape index (κ2) is 2.87. The summed E-state index contributed by atoms with van der Waals surface area (Å²) in [5.41, 5.74) is 4.86. The Labute approximate surface area is 55.4 Å². The highest BCUT2D eigenvalue weighted by molar-refractivity contribution is 5.81. The van der Waals surface area contributed by atoms with Crippen LogP contribution in [0.25, 0.3) is 0 Å². The molecule has 6 heteroatoms. The van der Waals surface area contributed by atoms with Gasteiger partial charge in [0.2, 0.25) is 0 Å². The lowest BCUT2D eigenvalue weighted by atomic mass is 10.5. The largest absolute Gasteiger partial charge is 0.471 e. The van der Waals surface area contributed by atoms with Crippen LogP contribution in [0.4, 0.5) is 13.2 Å². The van der Waals surface area contributed by atoms with Crippen molar-refractivity contribution in [3.8, 4) is 0 Å². The number of nitrogens with two attached hydrogens (primary N) is 1. The Morgan fingerprint density at radius 2 is 2.00 bits per heavy atom. The van der Waals surface area contributed by atoms with Gasteiger partial charge in [-0.3, -0.25) is 4.79 Å². The van der Waals surface area contributed by atoms with Crippen molar-refractivity contribution in [1.29, 1.82) is 0 Å². The number of alkyl halides is 3. The standard InChI is InChI=1S/C4H7F3N2O/c1-2(8)9-3(10)4(5,6)7/h2H,8H2,1H3,(H,9,10). The molecule has 10 heavy (non-hydrogen) atoms. The summed E-state index contributed by atoms with van der Waals surface area (Å²) in [6, 6.07) is 0. The van der Waals surface area contributed by atoms with Crippen molar-refractivity contribution in [2.24, 2.45) is 5.73 Å². The van der Waals surface area contributed by atoms with Gasteiger partial charge < -0.3 is 11.1 Å². The predicted molar refractivity (Wildman–Crippen MR) is 27.8 cm³/mol. The third kappa shape index (κ3) is 3.29. The maximum atomic E-state index is 11.3. The van der Waals surface area contributed by atoms with Gasteiger partial charge in [0, 0.05) is 0 Å². The first-order valence-electron chi connectivity index (χ1n) is 2.47. The van der Waals surface area contributed by atoms with Crippen molar-refractivity contribution in [3.05, 3.63) is 0 Å². The average Bonchev–Trinajstić information content (AvgIpc) is 1.60. The number of hydrogen-bond acceptors (Lipinski definition) is 2. The Hall–Kier alpha value is -0.780. The first kappa shape index (κ1) is 9.22. The molecule has 3 N–H and O–H groups in total. The van der Waals surface area contributed by atoms with E-state index in [1.54, 1.807) is 0 Å². The molecular formula is C4H7F3N2O. The molecule has 0 heterocycles. The summed E-state index contributed by atoms with van der Waals surface area (Å²) in [5, 5.41) is 1.50. The zero-order valence-electron chi connectivity index (χ0n) is 5.20. The Morgan fingerprint density at radius 1 is 1.60 bits per heavy atom. The number of carbonyl (C=O) groups is 1. The van der Waals surface area contributed by atoms with Crippen molar-refractivity contribution < 1.29 is 18.0 Å². The second-order valence-corrected chi connectivity index (χ2v) is 1.76. The Morgan fingerprint density at radius 3 is 2.10 bits per heavy atom. The zero-order chi connectivity index (χ0) is 8.36. The van der Waals surface area contributed by atoms with Gasteiger partial charge in [-0.2, -0.15) is 13.2 Å². The SMILES string of the molecule is CC(N)NC(=O)C(F)(F)F. The highest BCUT2D eigenvalue weighted by atomic mass is 19.4. The van der Waals surface area contributed by atoms with Crippen molar-refractivity contribution in [3.63, 3.8) is 0 Å². The predicted octanol–water partition coefficient (Wildman–Crippen LogP) is -0.0304. The molecule has 0 bridgehead atoms. The highest BCUT2D eigenvalue weighted by Gasteiger charge is 2.38. The number of halogens is 3. The number of carbonyl (C=O) groups excluding carboxylic acids is 1. The fourth-order valence-electron chi connectivity index (χ4n) is 0.289. The van der Waals surface area contributed by atoms with Crippen LogP contribution in [0.2, 0.25) is 0 Å². The lowest BCUT2D eigenvalue weighted by molar-refractivity contribution is -0.174. The smallest absolute Gasteiger partial charge is 0.333 e. The molecule has 0 aliphatic rings. The molecule has 0 spiro atoms. The van der Waals surface area contributed by atoms with E-state index < -0.39 is 18.2 Å². The van der Waals surface area contributed by atoms with Gasteiger partial charge in [0.1, 0.15) is 0 Å². The summed E-state index contributed by atoms with van der Waals surface area (Å²) in [5.74, 6) is -2.01. The summed E-state index contributed by atoms with van der Waals surface area (Å²) in [6.45, 7) is 1.24. The molecule has 1 atom stereocenters. The van der Waals surface area contributed by atoms with Gasteiger partial charge in [0.25, 0.3) is 0 Å². The quantitative estimate of drug-likeness (QED) is 0.524. The van der Waals surface area contributed by atoms with Crippen LogP contribution in [0.15, 0.2) is 0 Å². The highest BCUT2D eigenvalue weighted by Crippen LogP contribution is 2.13. The van der Waals surface area contributed by atoms with E-state index in [1.807, 2.05) is 0 Å². The maximum absolute atomic E-state index is 11.3. The lowest BCUT2D eigenvalue weighted by Gasteiger charge is -2.09. The number of hydrogen-bond donors (Lipinski definition) is 2. The summed E-state index contributed by atoms with van der Waals surface area (Å²) >= 11 is 0. The Balaban J connectivity index is 3.87. The third-order valence-corrected chi connectivity index (χ3v) is 0.616. The van der Waals surface area contributed by atoms with E-state index in [-0.39, 0.29) is 0 Å². The minimum absolute atomic E-state index is 0.978. The minimum atomic E-state index is -4.84. The van der Waals surface area contributed by atoms with Crippen LogP contribution in [0.3, 0.4) is 0 Å². The van der Waals surface area contributed by atoms with E-state index in [0.29, 0.717) is 0 Å². The van der Waals surface area contributed by atoms with Crippen molar-refractivity contribution >= 4 is 5.91 Å².